The summed E-state index contributed by atoms with van der Waals surface area (Å²) in [5, 5.41) is 0. The van der Waals surface area contributed by atoms with Gasteiger partial charge >= 0.3 is 0 Å². The first kappa shape index (κ1) is 6.83. The van der Waals surface area contributed by atoms with Crippen LogP contribution in [0.3, 0.4) is 0 Å². The van der Waals surface area contributed by atoms with Gasteiger partial charge in [0.15, 0.2) is 0 Å². The Morgan fingerprint density at radius 3 is 2.92 bits per heavy atom. The summed E-state index contributed by atoms with van der Waals surface area (Å²) in [5.74, 6) is 4.05. The molecular formula is C10H13BrO. The molecule has 4 fully saturated rings. The van der Waals surface area contributed by atoms with Crippen molar-refractivity contribution in [1.82, 2.24) is 0 Å². The number of fused-ring (bicyclic) bond motifs is 7. The lowest BCUT2D eigenvalue weighted by atomic mass is 9.81. The molecule has 3 aliphatic carbocycles. The average Bonchev–Trinajstić information content (AvgIpc) is 2.42. The van der Waals surface area contributed by atoms with Crippen molar-refractivity contribution in [1.29, 1.82) is 0 Å². The Kier molecular flexibility index (Phi) is 1.10. The standard InChI is InChI=1S/C10H13BrO/c11-7-2-4-1-6(7)9-5(4)3-8-10(9)12-8/h4-10H,1-3H2. The molecule has 2 bridgehead atoms. The van der Waals surface area contributed by atoms with Crippen molar-refractivity contribution in [3.63, 3.8) is 0 Å². The molecule has 1 nitrogen and oxygen atoms in total. The van der Waals surface area contributed by atoms with Crippen LogP contribution < -0.4 is 0 Å². The van der Waals surface area contributed by atoms with Crippen LogP contribution in [-0.2, 0) is 4.74 Å². The van der Waals surface area contributed by atoms with Crippen LogP contribution in [0.25, 0.3) is 0 Å². The van der Waals surface area contributed by atoms with Crippen LogP contribution in [0.2, 0.25) is 0 Å². The van der Waals surface area contributed by atoms with Gasteiger partial charge in [0.25, 0.3) is 0 Å². The fourth-order valence-corrected chi connectivity index (χ4v) is 5.28. The van der Waals surface area contributed by atoms with Crippen LogP contribution in [0, 0.1) is 23.7 Å². The molecule has 0 N–H and O–H groups in total. The molecule has 3 saturated carbocycles. The number of hydrogen-bond donors (Lipinski definition) is 0. The van der Waals surface area contributed by atoms with Crippen LogP contribution in [0.1, 0.15) is 19.3 Å². The maximum atomic E-state index is 5.65. The van der Waals surface area contributed by atoms with Crippen LogP contribution in [0.5, 0.6) is 0 Å². The Morgan fingerprint density at radius 1 is 1.08 bits per heavy atom. The first-order valence-electron chi connectivity index (χ1n) is 5.14. The topological polar surface area (TPSA) is 12.5 Å². The zero-order chi connectivity index (χ0) is 7.87. The van der Waals surface area contributed by atoms with Gasteiger partial charge in [0, 0.05) is 4.83 Å². The summed E-state index contributed by atoms with van der Waals surface area (Å²) in [6, 6.07) is 0. The quantitative estimate of drug-likeness (QED) is 0.458. The zero-order valence-electron chi connectivity index (χ0n) is 6.95. The van der Waals surface area contributed by atoms with E-state index in [1.165, 1.54) is 19.3 Å². The molecule has 0 aromatic rings. The smallest absolute Gasteiger partial charge is 0.0875 e. The minimum Gasteiger partial charge on any atom is -0.369 e. The van der Waals surface area contributed by atoms with Crippen molar-refractivity contribution in [2.24, 2.45) is 23.7 Å². The molecule has 2 heteroatoms. The van der Waals surface area contributed by atoms with E-state index >= 15 is 0 Å². The van der Waals surface area contributed by atoms with Gasteiger partial charge < -0.3 is 4.74 Å². The fraction of sp³-hybridized carbons (Fsp3) is 1.00. The summed E-state index contributed by atoms with van der Waals surface area (Å²) in [7, 11) is 0. The summed E-state index contributed by atoms with van der Waals surface area (Å²) in [4.78, 5) is 0.826. The Hall–Kier alpha value is 0.440. The average molecular weight is 229 g/mol. The molecular weight excluding hydrogens is 216 g/mol. The second-order valence-electron chi connectivity index (χ2n) is 5.03. The highest BCUT2D eigenvalue weighted by Crippen LogP contribution is 2.65. The first-order chi connectivity index (χ1) is 5.84. The van der Waals surface area contributed by atoms with E-state index < -0.39 is 0 Å². The summed E-state index contributed by atoms with van der Waals surface area (Å²) in [6.45, 7) is 0. The lowest BCUT2D eigenvalue weighted by molar-refractivity contribution is 0.151. The maximum Gasteiger partial charge on any atom is 0.0875 e. The monoisotopic (exact) mass is 228 g/mol. The highest BCUT2D eigenvalue weighted by Gasteiger charge is 2.66. The molecule has 0 aromatic carbocycles. The third-order valence-electron chi connectivity index (χ3n) is 4.67. The third kappa shape index (κ3) is 0.630. The van der Waals surface area contributed by atoms with Crippen molar-refractivity contribution < 1.29 is 4.74 Å². The highest BCUT2D eigenvalue weighted by atomic mass is 79.9. The Labute approximate surface area is 81.0 Å². The van der Waals surface area contributed by atoms with Crippen LogP contribution in [-0.4, -0.2) is 17.0 Å². The summed E-state index contributed by atoms with van der Waals surface area (Å²) >= 11 is 3.82. The van der Waals surface area contributed by atoms with E-state index in [2.05, 4.69) is 15.9 Å². The summed E-state index contributed by atoms with van der Waals surface area (Å²) in [5.41, 5.74) is 0. The Morgan fingerprint density at radius 2 is 2.00 bits per heavy atom. The van der Waals surface area contributed by atoms with Gasteiger partial charge in [0.2, 0.25) is 0 Å². The van der Waals surface area contributed by atoms with Gasteiger partial charge in [-0.3, -0.25) is 0 Å². The van der Waals surface area contributed by atoms with E-state index in [1.54, 1.807) is 0 Å². The first-order valence-corrected chi connectivity index (χ1v) is 6.05. The molecule has 0 spiro atoms. The minimum absolute atomic E-state index is 0.697. The number of rotatable bonds is 0. The second-order valence-corrected chi connectivity index (χ2v) is 6.20. The van der Waals surface area contributed by atoms with E-state index in [-0.39, 0.29) is 0 Å². The number of epoxide rings is 1. The fourth-order valence-electron chi connectivity index (χ4n) is 4.23. The lowest BCUT2D eigenvalue weighted by Gasteiger charge is -2.29. The number of halogens is 1. The predicted molar refractivity (Wildman–Crippen MR) is 49.2 cm³/mol. The molecule has 0 amide bonds. The van der Waals surface area contributed by atoms with E-state index in [0.717, 1.165) is 28.5 Å². The Bertz CT molecular complexity index is 242. The molecule has 0 aromatic heterocycles. The van der Waals surface area contributed by atoms with Gasteiger partial charge in [-0.05, 0) is 42.9 Å². The number of alkyl halides is 1. The molecule has 1 saturated heterocycles. The molecule has 0 radical (unpaired) electrons. The summed E-state index contributed by atoms with van der Waals surface area (Å²) in [6.07, 6.45) is 5.74. The van der Waals surface area contributed by atoms with Gasteiger partial charge in [-0.25, -0.2) is 0 Å². The second kappa shape index (κ2) is 1.93. The number of hydrogen-bond acceptors (Lipinski definition) is 1. The molecule has 66 valence electrons. The normalized spacial score (nSPS) is 71.2. The molecule has 1 heterocycles. The van der Waals surface area contributed by atoms with Gasteiger partial charge in [0.1, 0.15) is 0 Å². The molecule has 7 atom stereocenters. The minimum atomic E-state index is 0.697. The van der Waals surface area contributed by atoms with E-state index in [0.29, 0.717) is 12.2 Å². The Balaban J connectivity index is 1.74. The van der Waals surface area contributed by atoms with Crippen molar-refractivity contribution in [3.05, 3.63) is 0 Å². The van der Waals surface area contributed by atoms with Crippen LogP contribution >= 0.6 is 15.9 Å². The van der Waals surface area contributed by atoms with Gasteiger partial charge in [0.05, 0.1) is 12.2 Å². The molecule has 1 aliphatic heterocycles. The molecule has 4 aliphatic rings. The lowest BCUT2D eigenvalue weighted by Crippen LogP contribution is -2.28. The predicted octanol–water partition coefficient (Wildman–Crippen LogP) is 2.19. The van der Waals surface area contributed by atoms with Gasteiger partial charge in [-0.2, -0.15) is 0 Å². The summed E-state index contributed by atoms with van der Waals surface area (Å²) < 4.78 is 5.65. The third-order valence-corrected chi connectivity index (χ3v) is 5.72. The van der Waals surface area contributed by atoms with Crippen molar-refractivity contribution in [3.8, 4) is 0 Å². The highest BCUT2D eigenvalue weighted by molar-refractivity contribution is 9.09. The van der Waals surface area contributed by atoms with Crippen molar-refractivity contribution >= 4 is 15.9 Å². The zero-order valence-corrected chi connectivity index (χ0v) is 8.53. The van der Waals surface area contributed by atoms with E-state index in [4.69, 9.17) is 4.74 Å². The maximum absolute atomic E-state index is 5.65. The van der Waals surface area contributed by atoms with Gasteiger partial charge in [-0.1, -0.05) is 15.9 Å². The SMILES string of the molecule is BrC1CC2CC1C1C2CC2OC21. The van der Waals surface area contributed by atoms with Crippen LogP contribution in [0.4, 0.5) is 0 Å². The van der Waals surface area contributed by atoms with E-state index in [1.807, 2.05) is 0 Å². The van der Waals surface area contributed by atoms with Crippen molar-refractivity contribution in [2.45, 2.75) is 36.3 Å². The molecule has 4 rings (SSSR count). The van der Waals surface area contributed by atoms with E-state index in [9.17, 15) is 0 Å². The number of ether oxygens (including phenoxy) is 1. The molecule has 12 heavy (non-hydrogen) atoms. The van der Waals surface area contributed by atoms with Crippen molar-refractivity contribution in [2.75, 3.05) is 0 Å². The van der Waals surface area contributed by atoms with Gasteiger partial charge in [-0.15, -0.1) is 0 Å². The van der Waals surface area contributed by atoms with Crippen LogP contribution in [0.15, 0.2) is 0 Å². The largest absolute Gasteiger partial charge is 0.369 e. The molecule has 7 unspecified atom stereocenters.